The summed E-state index contributed by atoms with van der Waals surface area (Å²) in [7, 11) is 0. The average Bonchev–Trinajstić information content (AvgIpc) is 2.17. The molecule has 4 nitrogen and oxygen atoms in total. The first-order valence-electron chi connectivity index (χ1n) is 4.20. The fourth-order valence-corrected chi connectivity index (χ4v) is 1.51. The van der Waals surface area contributed by atoms with E-state index in [0.717, 1.165) is 5.69 Å². The van der Waals surface area contributed by atoms with Gasteiger partial charge in [-0.3, -0.25) is 4.98 Å². The Hall–Kier alpha value is -1.26. The van der Waals surface area contributed by atoms with E-state index in [4.69, 9.17) is 23.2 Å². The SMILES string of the molecule is Clc1nc(Cl)nc(Cc2ccccn2)n1. The van der Waals surface area contributed by atoms with Gasteiger partial charge in [-0.15, -0.1) is 0 Å². The van der Waals surface area contributed by atoms with Crippen LogP contribution in [0.15, 0.2) is 24.4 Å². The molecular formula is C9H6Cl2N4. The lowest BCUT2D eigenvalue weighted by Gasteiger charge is -1.99. The third kappa shape index (κ3) is 2.84. The first kappa shape index (κ1) is 10.3. The van der Waals surface area contributed by atoms with Gasteiger partial charge in [0.05, 0.1) is 6.42 Å². The second kappa shape index (κ2) is 4.51. The highest BCUT2D eigenvalue weighted by Crippen LogP contribution is 2.09. The summed E-state index contributed by atoms with van der Waals surface area (Å²) in [5, 5.41) is 0.196. The molecule has 2 aromatic rings. The molecule has 0 unspecified atom stereocenters. The lowest BCUT2D eigenvalue weighted by Crippen LogP contribution is -2.00. The summed E-state index contributed by atoms with van der Waals surface area (Å²) in [5.41, 5.74) is 0.857. The molecule has 0 aromatic carbocycles. The zero-order chi connectivity index (χ0) is 10.7. The van der Waals surface area contributed by atoms with Crippen molar-refractivity contribution in [2.75, 3.05) is 0 Å². The highest BCUT2D eigenvalue weighted by atomic mass is 35.5. The molecule has 2 aromatic heterocycles. The first-order chi connectivity index (χ1) is 7.24. The van der Waals surface area contributed by atoms with Crippen molar-refractivity contribution in [3.63, 3.8) is 0 Å². The molecule has 0 fully saturated rings. The van der Waals surface area contributed by atoms with E-state index < -0.39 is 0 Å². The molecule has 0 aliphatic rings. The molecule has 0 N–H and O–H groups in total. The Labute approximate surface area is 96.3 Å². The molecule has 15 heavy (non-hydrogen) atoms. The van der Waals surface area contributed by atoms with Crippen molar-refractivity contribution >= 4 is 23.2 Å². The summed E-state index contributed by atoms with van der Waals surface area (Å²) in [4.78, 5) is 15.7. The standard InChI is InChI=1S/C9H6Cl2N4/c10-8-13-7(14-9(11)15-8)5-6-3-1-2-4-12-6/h1-4H,5H2. The van der Waals surface area contributed by atoms with Crippen LogP contribution in [0.1, 0.15) is 11.5 Å². The van der Waals surface area contributed by atoms with E-state index in [-0.39, 0.29) is 10.6 Å². The van der Waals surface area contributed by atoms with Crippen molar-refractivity contribution < 1.29 is 0 Å². The summed E-state index contributed by atoms with van der Waals surface area (Å²) in [6.45, 7) is 0. The minimum absolute atomic E-state index is 0.0981. The maximum absolute atomic E-state index is 5.65. The molecule has 0 aliphatic heterocycles. The van der Waals surface area contributed by atoms with Crippen LogP contribution in [0, 0.1) is 0 Å². The molecule has 0 amide bonds. The third-order valence-electron chi connectivity index (χ3n) is 1.69. The second-order valence-electron chi connectivity index (χ2n) is 2.79. The van der Waals surface area contributed by atoms with Crippen LogP contribution in [0.3, 0.4) is 0 Å². The number of halogens is 2. The van der Waals surface area contributed by atoms with Gasteiger partial charge in [-0.05, 0) is 35.3 Å². The molecule has 0 saturated carbocycles. The molecule has 76 valence electrons. The van der Waals surface area contributed by atoms with Gasteiger partial charge in [0.15, 0.2) is 0 Å². The van der Waals surface area contributed by atoms with Crippen LogP contribution in [-0.4, -0.2) is 19.9 Å². The van der Waals surface area contributed by atoms with Crippen molar-refractivity contribution in [1.29, 1.82) is 0 Å². The van der Waals surface area contributed by atoms with Gasteiger partial charge in [0.25, 0.3) is 0 Å². The van der Waals surface area contributed by atoms with Crippen LogP contribution < -0.4 is 0 Å². The number of nitrogens with zero attached hydrogens (tertiary/aromatic N) is 4. The monoisotopic (exact) mass is 240 g/mol. The maximum Gasteiger partial charge on any atom is 0.226 e. The summed E-state index contributed by atoms with van der Waals surface area (Å²) in [6.07, 6.45) is 2.20. The number of pyridine rings is 1. The minimum Gasteiger partial charge on any atom is -0.261 e. The van der Waals surface area contributed by atoms with Gasteiger partial charge in [-0.1, -0.05) is 6.07 Å². The molecule has 0 saturated heterocycles. The van der Waals surface area contributed by atoms with Crippen molar-refractivity contribution in [3.05, 3.63) is 46.5 Å². The topological polar surface area (TPSA) is 51.6 Å². The number of rotatable bonds is 2. The van der Waals surface area contributed by atoms with Gasteiger partial charge in [0.2, 0.25) is 10.6 Å². The van der Waals surface area contributed by atoms with E-state index in [0.29, 0.717) is 12.2 Å². The largest absolute Gasteiger partial charge is 0.261 e. The molecule has 0 spiro atoms. The number of hydrogen-bond acceptors (Lipinski definition) is 4. The summed E-state index contributed by atoms with van der Waals surface area (Å²) < 4.78 is 0. The molecule has 0 radical (unpaired) electrons. The molecule has 0 aliphatic carbocycles. The maximum atomic E-state index is 5.65. The average molecular weight is 241 g/mol. The first-order valence-corrected chi connectivity index (χ1v) is 4.95. The molecule has 6 heteroatoms. The Morgan fingerprint density at radius 2 is 1.73 bits per heavy atom. The van der Waals surface area contributed by atoms with Gasteiger partial charge in [-0.2, -0.15) is 4.98 Å². The van der Waals surface area contributed by atoms with E-state index in [2.05, 4.69) is 19.9 Å². The zero-order valence-electron chi connectivity index (χ0n) is 7.56. The zero-order valence-corrected chi connectivity index (χ0v) is 9.07. The number of hydrogen-bond donors (Lipinski definition) is 0. The Kier molecular flexibility index (Phi) is 3.08. The fourth-order valence-electron chi connectivity index (χ4n) is 1.11. The highest BCUT2D eigenvalue weighted by Gasteiger charge is 2.04. The van der Waals surface area contributed by atoms with Crippen LogP contribution in [0.2, 0.25) is 10.6 Å². The van der Waals surface area contributed by atoms with Gasteiger partial charge >= 0.3 is 0 Å². The van der Waals surface area contributed by atoms with Crippen LogP contribution in [0.5, 0.6) is 0 Å². The van der Waals surface area contributed by atoms with Crippen LogP contribution in [0.4, 0.5) is 0 Å². The third-order valence-corrected chi connectivity index (χ3v) is 2.03. The highest BCUT2D eigenvalue weighted by molar-refractivity contribution is 6.30. The molecule has 0 atom stereocenters. The van der Waals surface area contributed by atoms with Crippen molar-refractivity contribution in [3.8, 4) is 0 Å². The summed E-state index contributed by atoms with van der Waals surface area (Å²) in [5.74, 6) is 0.513. The van der Waals surface area contributed by atoms with E-state index in [9.17, 15) is 0 Å². The molecule has 2 rings (SSSR count). The van der Waals surface area contributed by atoms with Gasteiger partial charge in [0.1, 0.15) is 5.82 Å². The van der Waals surface area contributed by atoms with Crippen LogP contribution in [0.25, 0.3) is 0 Å². The molecule has 2 heterocycles. The van der Waals surface area contributed by atoms with E-state index in [1.165, 1.54) is 0 Å². The fraction of sp³-hybridized carbons (Fsp3) is 0.111. The van der Waals surface area contributed by atoms with E-state index in [1.54, 1.807) is 6.20 Å². The Morgan fingerprint density at radius 3 is 2.33 bits per heavy atom. The van der Waals surface area contributed by atoms with Crippen molar-refractivity contribution in [2.45, 2.75) is 6.42 Å². The van der Waals surface area contributed by atoms with Gasteiger partial charge in [0, 0.05) is 11.9 Å². The number of aromatic nitrogens is 4. The lowest BCUT2D eigenvalue weighted by molar-refractivity contribution is 0.898. The van der Waals surface area contributed by atoms with Crippen LogP contribution >= 0.6 is 23.2 Å². The smallest absolute Gasteiger partial charge is 0.226 e. The molecule has 0 bridgehead atoms. The second-order valence-corrected chi connectivity index (χ2v) is 3.46. The van der Waals surface area contributed by atoms with Crippen LogP contribution in [-0.2, 0) is 6.42 Å². The quantitative estimate of drug-likeness (QED) is 0.808. The Balaban J connectivity index is 2.25. The predicted molar refractivity (Wildman–Crippen MR) is 56.9 cm³/mol. The normalized spacial score (nSPS) is 10.3. The predicted octanol–water partition coefficient (Wildman–Crippen LogP) is 2.16. The van der Waals surface area contributed by atoms with Gasteiger partial charge < -0.3 is 0 Å². The van der Waals surface area contributed by atoms with E-state index >= 15 is 0 Å². The van der Waals surface area contributed by atoms with Crippen molar-refractivity contribution in [2.24, 2.45) is 0 Å². The Bertz CT molecular complexity index is 441. The molecular weight excluding hydrogens is 235 g/mol. The summed E-state index contributed by atoms with van der Waals surface area (Å²) >= 11 is 11.3. The Morgan fingerprint density at radius 1 is 1.00 bits per heavy atom. The van der Waals surface area contributed by atoms with E-state index in [1.807, 2.05) is 18.2 Å². The minimum atomic E-state index is 0.0981. The summed E-state index contributed by atoms with van der Waals surface area (Å²) in [6, 6.07) is 5.62. The van der Waals surface area contributed by atoms with Crippen molar-refractivity contribution in [1.82, 2.24) is 19.9 Å². The van der Waals surface area contributed by atoms with Gasteiger partial charge in [-0.25, -0.2) is 9.97 Å². The lowest BCUT2D eigenvalue weighted by atomic mass is 10.2.